The molecule has 1 saturated heterocycles. The third-order valence-corrected chi connectivity index (χ3v) is 4.04. The molecule has 5 nitrogen and oxygen atoms in total. The molecule has 3 rings (SSSR count). The Bertz CT molecular complexity index is 791. The monoisotopic (exact) mass is 385 g/mol. The van der Waals surface area contributed by atoms with Gasteiger partial charge in [0.2, 0.25) is 0 Å². The van der Waals surface area contributed by atoms with Crippen molar-refractivity contribution in [2.45, 2.75) is 25.1 Å². The summed E-state index contributed by atoms with van der Waals surface area (Å²) in [6.07, 6.45) is -2.22. The Kier molecular flexibility index (Phi) is 5.33. The van der Waals surface area contributed by atoms with Crippen LogP contribution in [0.4, 0.5) is 30.4 Å². The first kappa shape index (κ1) is 18.5. The topological polar surface area (TPSA) is 63.2 Å². The Morgan fingerprint density at radius 1 is 1.27 bits per heavy atom. The number of aromatic nitrogens is 1. The van der Waals surface area contributed by atoms with Gasteiger partial charge in [-0.05, 0) is 43.2 Å². The molecular formula is C17H15ClF3N3O2. The number of benzene rings is 1. The Hall–Kier alpha value is -2.32. The second-order valence-corrected chi connectivity index (χ2v) is 6.17. The molecule has 0 bridgehead atoms. The van der Waals surface area contributed by atoms with E-state index < -0.39 is 17.8 Å². The first-order chi connectivity index (χ1) is 12.3. The van der Waals surface area contributed by atoms with Crippen molar-refractivity contribution < 1.29 is 22.7 Å². The Labute approximate surface area is 152 Å². The molecule has 1 unspecified atom stereocenters. The van der Waals surface area contributed by atoms with E-state index in [2.05, 4.69) is 15.6 Å². The van der Waals surface area contributed by atoms with E-state index in [4.69, 9.17) is 16.3 Å². The summed E-state index contributed by atoms with van der Waals surface area (Å²) < 4.78 is 44.6. The van der Waals surface area contributed by atoms with Gasteiger partial charge >= 0.3 is 6.18 Å². The zero-order valence-electron chi connectivity index (χ0n) is 13.4. The van der Waals surface area contributed by atoms with E-state index >= 15 is 0 Å². The predicted molar refractivity (Wildman–Crippen MR) is 91.6 cm³/mol. The molecular weight excluding hydrogens is 371 g/mol. The van der Waals surface area contributed by atoms with Gasteiger partial charge in [0.1, 0.15) is 11.9 Å². The fourth-order valence-electron chi connectivity index (χ4n) is 2.55. The standard InChI is InChI=1S/C17H15ClF3N3O2/c18-10-3-5-13(12(8-10)17(19,20)21)23-11-4-6-15(22-9-11)24-16(25)14-2-1-7-26-14/h3-6,8-9,14,23H,1-2,7H2,(H,22,24,25). The van der Waals surface area contributed by atoms with Crippen molar-refractivity contribution >= 4 is 34.7 Å². The lowest BCUT2D eigenvalue weighted by Crippen LogP contribution is -2.27. The molecule has 1 aromatic heterocycles. The number of rotatable bonds is 4. The molecule has 0 aliphatic carbocycles. The van der Waals surface area contributed by atoms with Crippen LogP contribution in [0, 0.1) is 0 Å². The van der Waals surface area contributed by atoms with Gasteiger partial charge in [-0.25, -0.2) is 4.98 Å². The number of amides is 1. The molecule has 2 aromatic rings. The van der Waals surface area contributed by atoms with Crippen LogP contribution in [-0.4, -0.2) is 23.6 Å². The third kappa shape index (κ3) is 4.44. The van der Waals surface area contributed by atoms with E-state index in [1.807, 2.05) is 0 Å². The molecule has 2 N–H and O–H groups in total. The highest BCUT2D eigenvalue weighted by molar-refractivity contribution is 6.30. The number of hydrogen-bond donors (Lipinski definition) is 2. The van der Waals surface area contributed by atoms with Gasteiger partial charge in [0.25, 0.3) is 5.91 Å². The van der Waals surface area contributed by atoms with Gasteiger partial charge in [-0.3, -0.25) is 4.79 Å². The number of hydrogen-bond acceptors (Lipinski definition) is 4. The van der Waals surface area contributed by atoms with Crippen LogP contribution in [-0.2, 0) is 15.7 Å². The van der Waals surface area contributed by atoms with Crippen LogP contribution in [0.3, 0.4) is 0 Å². The van der Waals surface area contributed by atoms with Gasteiger partial charge in [0.05, 0.1) is 23.1 Å². The highest BCUT2D eigenvalue weighted by Gasteiger charge is 2.33. The molecule has 1 aliphatic heterocycles. The average Bonchev–Trinajstić information content (AvgIpc) is 3.12. The van der Waals surface area contributed by atoms with E-state index in [0.29, 0.717) is 24.5 Å². The van der Waals surface area contributed by atoms with Crippen LogP contribution in [0.1, 0.15) is 18.4 Å². The molecule has 2 heterocycles. The van der Waals surface area contributed by atoms with Gasteiger partial charge in [0, 0.05) is 11.6 Å². The Morgan fingerprint density at radius 3 is 2.69 bits per heavy atom. The minimum Gasteiger partial charge on any atom is -0.368 e. The van der Waals surface area contributed by atoms with Crippen LogP contribution in [0.25, 0.3) is 0 Å². The van der Waals surface area contributed by atoms with Crippen LogP contribution in [0.2, 0.25) is 5.02 Å². The number of nitrogens with one attached hydrogen (secondary N) is 2. The summed E-state index contributed by atoms with van der Waals surface area (Å²) >= 11 is 5.66. The van der Waals surface area contributed by atoms with Crippen molar-refractivity contribution in [1.82, 2.24) is 4.98 Å². The normalized spacial score (nSPS) is 17.2. The van der Waals surface area contributed by atoms with E-state index in [-0.39, 0.29) is 16.6 Å². The quantitative estimate of drug-likeness (QED) is 0.806. The maximum absolute atomic E-state index is 13.1. The summed E-state index contributed by atoms with van der Waals surface area (Å²) in [6, 6.07) is 6.49. The highest BCUT2D eigenvalue weighted by Crippen LogP contribution is 2.37. The number of halogens is 4. The molecule has 0 spiro atoms. The smallest absolute Gasteiger partial charge is 0.368 e. The SMILES string of the molecule is O=C(Nc1ccc(Nc2ccc(Cl)cc2C(F)(F)F)cn1)C1CCCO1. The van der Waals surface area contributed by atoms with Crippen molar-refractivity contribution in [2.75, 3.05) is 17.2 Å². The van der Waals surface area contributed by atoms with Crippen molar-refractivity contribution in [1.29, 1.82) is 0 Å². The lowest BCUT2D eigenvalue weighted by atomic mass is 10.1. The molecule has 9 heteroatoms. The molecule has 26 heavy (non-hydrogen) atoms. The van der Waals surface area contributed by atoms with Crippen LogP contribution in [0.5, 0.6) is 0 Å². The van der Waals surface area contributed by atoms with Crippen molar-refractivity contribution in [3.8, 4) is 0 Å². The minimum absolute atomic E-state index is 0.00630. The number of nitrogens with zero attached hydrogens (tertiary/aromatic N) is 1. The maximum Gasteiger partial charge on any atom is 0.418 e. The minimum atomic E-state index is -4.55. The summed E-state index contributed by atoms with van der Waals surface area (Å²) in [5.74, 6) is 0.0102. The van der Waals surface area contributed by atoms with Crippen LogP contribution in [0.15, 0.2) is 36.5 Å². The van der Waals surface area contributed by atoms with Gasteiger partial charge in [0.15, 0.2) is 0 Å². The van der Waals surface area contributed by atoms with E-state index in [1.54, 1.807) is 0 Å². The van der Waals surface area contributed by atoms with E-state index in [0.717, 1.165) is 12.5 Å². The Morgan fingerprint density at radius 2 is 2.08 bits per heavy atom. The molecule has 1 amide bonds. The zero-order chi connectivity index (χ0) is 18.7. The highest BCUT2D eigenvalue weighted by atomic mass is 35.5. The molecule has 1 aromatic carbocycles. The fourth-order valence-corrected chi connectivity index (χ4v) is 2.72. The summed E-state index contributed by atoms with van der Waals surface area (Å²) in [4.78, 5) is 16.0. The third-order valence-electron chi connectivity index (χ3n) is 3.80. The van der Waals surface area contributed by atoms with Crippen molar-refractivity contribution in [3.05, 3.63) is 47.1 Å². The second-order valence-electron chi connectivity index (χ2n) is 5.74. The zero-order valence-corrected chi connectivity index (χ0v) is 14.2. The van der Waals surface area contributed by atoms with Gasteiger partial charge < -0.3 is 15.4 Å². The van der Waals surface area contributed by atoms with Crippen LogP contribution < -0.4 is 10.6 Å². The number of carbonyl (C=O) groups excluding carboxylic acids is 1. The number of pyridine rings is 1. The summed E-state index contributed by atoms with van der Waals surface area (Å²) in [5, 5.41) is 5.27. The number of anilines is 3. The first-order valence-corrected chi connectivity index (χ1v) is 8.23. The lowest BCUT2D eigenvalue weighted by Gasteiger charge is -2.15. The second kappa shape index (κ2) is 7.51. The van der Waals surface area contributed by atoms with Crippen molar-refractivity contribution in [2.24, 2.45) is 0 Å². The fraction of sp³-hybridized carbons (Fsp3) is 0.294. The molecule has 138 valence electrons. The predicted octanol–water partition coefficient (Wildman–Crippen LogP) is 4.61. The summed E-state index contributed by atoms with van der Waals surface area (Å²) in [5.41, 5.74) is -0.673. The van der Waals surface area contributed by atoms with Gasteiger partial charge in [-0.2, -0.15) is 13.2 Å². The van der Waals surface area contributed by atoms with E-state index in [1.165, 1.54) is 30.5 Å². The molecule has 1 atom stereocenters. The average molecular weight is 386 g/mol. The van der Waals surface area contributed by atoms with Gasteiger partial charge in [-0.1, -0.05) is 11.6 Å². The Balaban J connectivity index is 1.71. The number of ether oxygens (including phenoxy) is 1. The molecule has 1 aliphatic rings. The number of carbonyl (C=O) groups is 1. The molecule has 0 radical (unpaired) electrons. The molecule has 0 saturated carbocycles. The molecule has 1 fully saturated rings. The first-order valence-electron chi connectivity index (χ1n) is 7.85. The largest absolute Gasteiger partial charge is 0.418 e. The van der Waals surface area contributed by atoms with E-state index in [9.17, 15) is 18.0 Å². The summed E-state index contributed by atoms with van der Waals surface area (Å²) in [6.45, 7) is 0.553. The lowest BCUT2D eigenvalue weighted by molar-refractivity contribution is -0.137. The van der Waals surface area contributed by atoms with Gasteiger partial charge in [-0.15, -0.1) is 0 Å². The maximum atomic E-state index is 13.1. The summed E-state index contributed by atoms with van der Waals surface area (Å²) in [7, 11) is 0. The number of alkyl halides is 3. The van der Waals surface area contributed by atoms with Crippen molar-refractivity contribution in [3.63, 3.8) is 0 Å². The van der Waals surface area contributed by atoms with Crippen LogP contribution >= 0.6 is 11.6 Å².